The van der Waals surface area contributed by atoms with Crippen molar-refractivity contribution >= 4 is 17.3 Å². The molecule has 3 aromatic rings. The number of esters is 1. The Labute approximate surface area is 191 Å². The van der Waals surface area contributed by atoms with Crippen molar-refractivity contribution in [2.45, 2.75) is 59.3 Å². The Morgan fingerprint density at radius 3 is 2.12 bits per heavy atom. The Balaban J connectivity index is 1.56. The van der Waals surface area contributed by atoms with Crippen LogP contribution in [0, 0.1) is 13.8 Å². The Morgan fingerprint density at radius 1 is 0.781 bits per heavy atom. The number of rotatable bonds is 10. The predicted octanol–water partition coefficient (Wildman–Crippen LogP) is 8.45. The number of hydrogen-bond acceptors (Lipinski definition) is 4. The Hall–Kier alpha value is -3.27. The van der Waals surface area contributed by atoms with Crippen LogP contribution >= 0.6 is 0 Å². The first-order valence-corrected chi connectivity index (χ1v) is 11.5. The molecule has 0 spiro atoms. The number of unbranched alkanes of at least 4 members (excludes halogenated alkanes) is 4. The monoisotopic (exact) mass is 428 g/mol. The van der Waals surface area contributed by atoms with Gasteiger partial charge in [0.25, 0.3) is 0 Å². The number of hydrogen-bond donors (Lipinski definition) is 0. The van der Waals surface area contributed by atoms with Crippen LogP contribution in [0.4, 0.5) is 11.4 Å². The summed E-state index contributed by atoms with van der Waals surface area (Å²) >= 11 is 0. The van der Waals surface area contributed by atoms with Crippen molar-refractivity contribution in [1.29, 1.82) is 0 Å². The standard InChI is InChI=1S/C28H32N2O2/c1-4-5-6-7-8-9-23-12-14-24(15-13-23)28(31)32-27-19-18-26(20-22(27)3)30-29-25-16-10-21(2)11-17-25/h10-20H,4-9H2,1-3H3. The molecule has 0 aromatic heterocycles. The van der Waals surface area contributed by atoms with Crippen LogP contribution in [0.2, 0.25) is 0 Å². The minimum Gasteiger partial charge on any atom is -0.423 e. The zero-order chi connectivity index (χ0) is 22.8. The molecule has 0 atom stereocenters. The van der Waals surface area contributed by atoms with E-state index in [4.69, 9.17) is 4.74 Å². The van der Waals surface area contributed by atoms with Crippen LogP contribution in [-0.4, -0.2) is 5.97 Å². The van der Waals surface area contributed by atoms with Gasteiger partial charge in [0.1, 0.15) is 5.75 Å². The molecule has 0 N–H and O–H groups in total. The first-order chi connectivity index (χ1) is 15.5. The van der Waals surface area contributed by atoms with Gasteiger partial charge in [-0.15, -0.1) is 0 Å². The van der Waals surface area contributed by atoms with Crippen molar-refractivity contribution in [3.8, 4) is 5.75 Å². The first-order valence-electron chi connectivity index (χ1n) is 11.5. The van der Waals surface area contributed by atoms with Crippen molar-refractivity contribution in [3.05, 3.63) is 89.0 Å². The molecule has 0 amide bonds. The van der Waals surface area contributed by atoms with Crippen molar-refractivity contribution in [2.24, 2.45) is 10.2 Å². The van der Waals surface area contributed by atoms with Crippen LogP contribution in [0.25, 0.3) is 0 Å². The third-order valence-corrected chi connectivity index (χ3v) is 5.43. The fourth-order valence-corrected chi connectivity index (χ4v) is 3.44. The summed E-state index contributed by atoms with van der Waals surface area (Å²) in [7, 11) is 0. The first kappa shape index (κ1) is 23.4. The molecule has 4 nitrogen and oxygen atoms in total. The van der Waals surface area contributed by atoms with Gasteiger partial charge in [0.15, 0.2) is 0 Å². The lowest BCUT2D eigenvalue weighted by molar-refractivity contribution is 0.0733. The van der Waals surface area contributed by atoms with Gasteiger partial charge in [-0.2, -0.15) is 10.2 Å². The predicted molar refractivity (Wildman–Crippen MR) is 130 cm³/mol. The minimum atomic E-state index is -0.350. The second kappa shape index (κ2) is 11.9. The highest BCUT2D eigenvalue weighted by molar-refractivity contribution is 5.91. The number of aryl methyl sites for hydroxylation is 3. The molecule has 166 valence electrons. The zero-order valence-electron chi connectivity index (χ0n) is 19.3. The maximum Gasteiger partial charge on any atom is 0.343 e. The van der Waals surface area contributed by atoms with Gasteiger partial charge in [0, 0.05) is 0 Å². The van der Waals surface area contributed by atoms with E-state index < -0.39 is 0 Å². The van der Waals surface area contributed by atoms with Crippen LogP contribution in [0.1, 0.15) is 66.1 Å². The molecule has 3 rings (SSSR count). The fraction of sp³-hybridized carbons (Fsp3) is 0.321. The SMILES string of the molecule is CCCCCCCc1ccc(C(=O)Oc2ccc(N=Nc3ccc(C)cc3)cc2C)cc1. The van der Waals surface area contributed by atoms with Gasteiger partial charge in [-0.3, -0.25) is 0 Å². The van der Waals surface area contributed by atoms with E-state index in [2.05, 4.69) is 17.2 Å². The molecule has 3 aromatic carbocycles. The number of carbonyl (C=O) groups excluding carboxylic acids is 1. The smallest absolute Gasteiger partial charge is 0.343 e. The van der Waals surface area contributed by atoms with Gasteiger partial charge >= 0.3 is 5.97 Å². The topological polar surface area (TPSA) is 51.0 Å². The molecule has 0 fully saturated rings. The lowest BCUT2D eigenvalue weighted by Gasteiger charge is -2.08. The van der Waals surface area contributed by atoms with Crippen LogP contribution < -0.4 is 4.74 Å². The van der Waals surface area contributed by atoms with Gasteiger partial charge in [-0.25, -0.2) is 4.79 Å². The highest BCUT2D eigenvalue weighted by Gasteiger charge is 2.11. The summed E-state index contributed by atoms with van der Waals surface area (Å²) in [5.74, 6) is 0.181. The summed E-state index contributed by atoms with van der Waals surface area (Å²) in [6, 6.07) is 21.0. The number of ether oxygens (including phenoxy) is 1. The van der Waals surface area contributed by atoms with Crippen LogP contribution in [0.5, 0.6) is 5.75 Å². The highest BCUT2D eigenvalue weighted by Crippen LogP contribution is 2.26. The van der Waals surface area contributed by atoms with Gasteiger partial charge in [-0.1, -0.05) is 62.4 Å². The minimum absolute atomic E-state index is 0.350. The van der Waals surface area contributed by atoms with Crippen molar-refractivity contribution < 1.29 is 9.53 Å². The maximum atomic E-state index is 12.6. The number of azo groups is 1. The van der Waals surface area contributed by atoms with E-state index in [-0.39, 0.29) is 5.97 Å². The molecular weight excluding hydrogens is 396 g/mol. The van der Waals surface area contributed by atoms with Crippen molar-refractivity contribution in [1.82, 2.24) is 0 Å². The summed E-state index contributed by atoms with van der Waals surface area (Å²) in [5.41, 5.74) is 5.35. The summed E-state index contributed by atoms with van der Waals surface area (Å²) in [4.78, 5) is 12.6. The van der Waals surface area contributed by atoms with E-state index >= 15 is 0 Å². The molecular formula is C28H32N2O2. The number of benzene rings is 3. The molecule has 0 saturated carbocycles. The summed E-state index contributed by atoms with van der Waals surface area (Å²) in [6.45, 7) is 6.16. The molecule has 0 aliphatic carbocycles. The van der Waals surface area contributed by atoms with Crippen LogP contribution in [0.3, 0.4) is 0 Å². The Morgan fingerprint density at radius 2 is 1.44 bits per heavy atom. The summed E-state index contributed by atoms with van der Waals surface area (Å²) in [6.07, 6.45) is 7.37. The van der Waals surface area contributed by atoms with Crippen molar-refractivity contribution in [2.75, 3.05) is 0 Å². The highest BCUT2D eigenvalue weighted by atomic mass is 16.5. The average molecular weight is 429 g/mol. The molecule has 0 saturated heterocycles. The van der Waals surface area contributed by atoms with Gasteiger partial charge < -0.3 is 4.74 Å². The second-order valence-corrected chi connectivity index (χ2v) is 8.24. The van der Waals surface area contributed by atoms with Crippen LogP contribution in [0.15, 0.2) is 77.0 Å². The lowest BCUT2D eigenvalue weighted by Crippen LogP contribution is -2.09. The van der Waals surface area contributed by atoms with Crippen LogP contribution in [-0.2, 0) is 6.42 Å². The number of nitrogens with zero attached hydrogens (tertiary/aromatic N) is 2. The molecule has 0 bridgehead atoms. The lowest BCUT2D eigenvalue weighted by atomic mass is 10.0. The van der Waals surface area contributed by atoms with E-state index in [1.807, 2.05) is 68.4 Å². The van der Waals surface area contributed by atoms with Crippen molar-refractivity contribution in [3.63, 3.8) is 0 Å². The largest absolute Gasteiger partial charge is 0.423 e. The van der Waals surface area contributed by atoms with E-state index in [1.165, 1.54) is 43.2 Å². The average Bonchev–Trinajstić information content (AvgIpc) is 2.80. The third-order valence-electron chi connectivity index (χ3n) is 5.43. The maximum absolute atomic E-state index is 12.6. The number of carbonyl (C=O) groups is 1. The Bertz CT molecular complexity index is 1040. The molecule has 0 aliphatic heterocycles. The van der Waals surface area contributed by atoms with E-state index in [0.29, 0.717) is 17.0 Å². The normalized spacial score (nSPS) is 11.1. The third kappa shape index (κ3) is 7.16. The fourth-order valence-electron chi connectivity index (χ4n) is 3.44. The summed E-state index contributed by atoms with van der Waals surface area (Å²) < 4.78 is 5.62. The molecule has 0 heterocycles. The second-order valence-electron chi connectivity index (χ2n) is 8.24. The van der Waals surface area contributed by atoms with Gasteiger partial charge in [0.05, 0.1) is 16.9 Å². The molecule has 4 heteroatoms. The Kier molecular flexibility index (Phi) is 8.73. The van der Waals surface area contributed by atoms with E-state index in [9.17, 15) is 4.79 Å². The molecule has 32 heavy (non-hydrogen) atoms. The quantitative estimate of drug-likeness (QED) is 0.141. The molecule has 0 unspecified atom stereocenters. The van der Waals surface area contributed by atoms with E-state index in [1.54, 1.807) is 12.1 Å². The van der Waals surface area contributed by atoms with E-state index in [0.717, 1.165) is 17.7 Å². The molecule has 0 radical (unpaired) electrons. The van der Waals surface area contributed by atoms with Gasteiger partial charge in [0.2, 0.25) is 0 Å². The molecule has 0 aliphatic rings. The summed E-state index contributed by atoms with van der Waals surface area (Å²) in [5, 5.41) is 8.54. The zero-order valence-corrected chi connectivity index (χ0v) is 19.3. The van der Waals surface area contributed by atoms with Gasteiger partial charge in [-0.05, 0) is 80.3 Å².